The van der Waals surface area contributed by atoms with Gasteiger partial charge in [-0.15, -0.1) is 0 Å². The Morgan fingerprint density at radius 2 is 2.17 bits per heavy atom. The number of halogens is 2. The molecule has 5 heteroatoms. The largest absolute Gasteiger partial charge is 0.356 e. The van der Waals surface area contributed by atoms with Crippen LogP contribution in [0.4, 0.5) is 4.39 Å². The fourth-order valence-corrected chi connectivity index (χ4v) is 1.95. The standard InChI is InChI=1S/C13H18BrFN2O/c1-17(2)7-3-6-16-13(18)9-10-8-11(14)4-5-12(10)15/h4-5,8H,3,6-7,9H2,1-2H3,(H,16,18). The Kier molecular flexibility index (Phi) is 6.29. The summed E-state index contributed by atoms with van der Waals surface area (Å²) in [6.07, 6.45) is 0.965. The van der Waals surface area contributed by atoms with E-state index in [1.807, 2.05) is 14.1 Å². The van der Waals surface area contributed by atoms with E-state index in [0.29, 0.717) is 12.1 Å². The Labute approximate surface area is 115 Å². The summed E-state index contributed by atoms with van der Waals surface area (Å²) in [6, 6.07) is 4.61. The Balaban J connectivity index is 2.38. The van der Waals surface area contributed by atoms with Gasteiger partial charge in [0.15, 0.2) is 0 Å². The van der Waals surface area contributed by atoms with E-state index < -0.39 is 0 Å². The van der Waals surface area contributed by atoms with E-state index in [0.717, 1.165) is 17.4 Å². The molecule has 0 saturated carbocycles. The van der Waals surface area contributed by atoms with E-state index in [2.05, 4.69) is 26.1 Å². The molecule has 0 saturated heterocycles. The van der Waals surface area contributed by atoms with Crippen LogP contribution in [-0.4, -0.2) is 38.0 Å². The summed E-state index contributed by atoms with van der Waals surface area (Å²) >= 11 is 3.26. The summed E-state index contributed by atoms with van der Waals surface area (Å²) in [7, 11) is 3.97. The predicted octanol–water partition coefficient (Wildman–Crippen LogP) is 2.20. The molecule has 1 rings (SSSR count). The van der Waals surface area contributed by atoms with Gasteiger partial charge in [0, 0.05) is 11.0 Å². The molecule has 1 amide bonds. The van der Waals surface area contributed by atoms with Crippen molar-refractivity contribution in [3.05, 3.63) is 34.1 Å². The van der Waals surface area contributed by atoms with Gasteiger partial charge in [0.25, 0.3) is 0 Å². The Hall–Kier alpha value is -0.940. The quantitative estimate of drug-likeness (QED) is 0.816. The predicted molar refractivity (Wildman–Crippen MR) is 74.0 cm³/mol. The van der Waals surface area contributed by atoms with E-state index in [1.165, 1.54) is 6.07 Å². The first kappa shape index (κ1) is 15.1. The summed E-state index contributed by atoms with van der Waals surface area (Å²) in [5.41, 5.74) is 0.412. The van der Waals surface area contributed by atoms with Crippen molar-refractivity contribution < 1.29 is 9.18 Å². The van der Waals surface area contributed by atoms with Crippen molar-refractivity contribution in [2.75, 3.05) is 27.2 Å². The number of nitrogens with one attached hydrogen (secondary N) is 1. The molecule has 1 N–H and O–H groups in total. The topological polar surface area (TPSA) is 32.3 Å². The van der Waals surface area contributed by atoms with Crippen LogP contribution in [0.15, 0.2) is 22.7 Å². The molecule has 0 heterocycles. The number of benzene rings is 1. The lowest BCUT2D eigenvalue weighted by molar-refractivity contribution is -0.120. The second kappa shape index (κ2) is 7.48. The molecule has 0 spiro atoms. The van der Waals surface area contributed by atoms with Crippen LogP contribution >= 0.6 is 15.9 Å². The number of amides is 1. The van der Waals surface area contributed by atoms with Gasteiger partial charge in [0.2, 0.25) is 5.91 Å². The van der Waals surface area contributed by atoms with Crippen LogP contribution in [0.5, 0.6) is 0 Å². The average Bonchev–Trinajstić information content (AvgIpc) is 2.29. The van der Waals surface area contributed by atoms with Crippen LogP contribution in [0.1, 0.15) is 12.0 Å². The summed E-state index contributed by atoms with van der Waals surface area (Å²) in [5.74, 6) is -0.493. The third kappa shape index (κ3) is 5.60. The minimum atomic E-state index is -0.346. The molecule has 0 bridgehead atoms. The van der Waals surface area contributed by atoms with Crippen molar-refractivity contribution in [1.29, 1.82) is 0 Å². The molecular weight excluding hydrogens is 299 g/mol. The normalized spacial score (nSPS) is 10.7. The van der Waals surface area contributed by atoms with Crippen molar-refractivity contribution >= 4 is 21.8 Å². The number of nitrogens with zero attached hydrogens (tertiary/aromatic N) is 1. The van der Waals surface area contributed by atoms with E-state index in [-0.39, 0.29) is 18.1 Å². The van der Waals surface area contributed by atoms with Crippen LogP contribution < -0.4 is 5.32 Å². The highest BCUT2D eigenvalue weighted by Gasteiger charge is 2.08. The van der Waals surface area contributed by atoms with Gasteiger partial charge in [-0.25, -0.2) is 4.39 Å². The van der Waals surface area contributed by atoms with Gasteiger partial charge >= 0.3 is 0 Å². The smallest absolute Gasteiger partial charge is 0.224 e. The molecule has 100 valence electrons. The highest BCUT2D eigenvalue weighted by molar-refractivity contribution is 9.10. The van der Waals surface area contributed by atoms with Crippen molar-refractivity contribution in [3.8, 4) is 0 Å². The number of carbonyl (C=O) groups excluding carboxylic acids is 1. The van der Waals surface area contributed by atoms with Crippen molar-refractivity contribution in [2.45, 2.75) is 12.8 Å². The summed E-state index contributed by atoms with van der Waals surface area (Å²) in [6.45, 7) is 1.54. The molecule has 0 radical (unpaired) electrons. The highest BCUT2D eigenvalue weighted by Crippen LogP contribution is 2.15. The molecule has 18 heavy (non-hydrogen) atoms. The highest BCUT2D eigenvalue weighted by atomic mass is 79.9. The van der Waals surface area contributed by atoms with Gasteiger partial charge in [-0.3, -0.25) is 4.79 Å². The second-order valence-corrected chi connectivity index (χ2v) is 5.33. The second-order valence-electron chi connectivity index (χ2n) is 4.42. The molecule has 0 fully saturated rings. The maximum Gasteiger partial charge on any atom is 0.224 e. The lowest BCUT2D eigenvalue weighted by Gasteiger charge is -2.10. The van der Waals surface area contributed by atoms with Gasteiger partial charge in [0.05, 0.1) is 6.42 Å². The van der Waals surface area contributed by atoms with E-state index >= 15 is 0 Å². The number of carbonyl (C=O) groups is 1. The average molecular weight is 317 g/mol. The molecule has 1 aromatic carbocycles. The summed E-state index contributed by atoms with van der Waals surface area (Å²) < 4.78 is 14.2. The zero-order chi connectivity index (χ0) is 13.5. The maximum atomic E-state index is 13.4. The minimum Gasteiger partial charge on any atom is -0.356 e. The number of hydrogen-bond acceptors (Lipinski definition) is 2. The first-order valence-electron chi connectivity index (χ1n) is 5.84. The summed E-state index contributed by atoms with van der Waals surface area (Å²) in [5, 5.41) is 2.79. The van der Waals surface area contributed by atoms with Crippen LogP contribution in [-0.2, 0) is 11.2 Å². The van der Waals surface area contributed by atoms with E-state index in [1.54, 1.807) is 12.1 Å². The van der Waals surface area contributed by atoms with Crippen molar-refractivity contribution in [3.63, 3.8) is 0 Å². The van der Waals surface area contributed by atoms with Crippen LogP contribution in [0.2, 0.25) is 0 Å². The van der Waals surface area contributed by atoms with Crippen LogP contribution in [0.25, 0.3) is 0 Å². The third-order valence-corrected chi connectivity index (χ3v) is 2.96. The van der Waals surface area contributed by atoms with E-state index in [9.17, 15) is 9.18 Å². The van der Waals surface area contributed by atoms with Gasteiger partial charge in [-0.05, 0) is 50.8 Å². The monoisotopic (exact) mass is 316 g/mol. The zero-order valence-corrected chi connectivity index (χ0v) is 12.3. The first-order chi connectivity index (χ1) is 8.49. The molecule has 1 aromatic rings. The number of hydrogen-bond donors (Lipinski definition) is 1. The van der Waals surface area contributed by atoms with Crippen LogP contribution in [0, 0.1) is 5.82 Å². The fraction of sp³-hybridized carbons (Fsp3) is 0.462. The third-order valence-electron chi connectivity index (χ3n) is 2.46. The zero-order valence-electron chi connectivity index (χ0n) is 10.7. The Morgan fingerprint density at radius 1 is 1.44 bits per heavy atom. The van der Waals surface area contributed by atoms with Gasteiger partial charge in [-0.1, -0.05) is 15.9 Å². The molecule has 0 aliphatic heterocycles. The maximum absolute atomic E-state index is 13.4. The van der Waals surface area contributed by atoms with Gasteiger partial charge < -0.3 is 10.2 Å². The Morgan fingerprint density at radius 3 is 2.83 bits per heavy atom. The number of rotatable bonds is 6. The molecule has 0 aliphatic carbocycles. The summed E-state index contributed by atoms with van der Waals surface area (Å²) in [4.78, 5) is 13.7. The molecule has 0 aromatic heterocycles. The van der Waals surface area contributed by atoms with E-state index in [4.69, 9.17) is 0 Å². The minimum absolute atomic E-state index is 0.0766. The van der Waals surface area contributed by atoms with Crippen molar-refractivity contribution in [1.82, 2.24) is 10.2 Å². The van der Waals surface area contributed by atoms with Gasteiger partial charge in [0.1, 0.15) is 5.82 Å². The molecular formula is C13H18BrFN2O. The molecule has 0 atom stereocenters. The van der Waals surface area contributed by atoms with Crippen molar-refractivity contribution in [2.24, 2.45) is 0 Å². The van der Waals surface area contributed by atoms with Crippen LogP contribution in [0.3, 0.4) is 0 Å². The fourth-order valence-electron chi connectivity index (χ4n) is 1.54. The lowest BCUT2D eigenvalue weighted by Crippen LogP contribution is -2.28. The lowest BCUT2D eigenvalue weighted by atomic mass is 10.1. The molecule has 0 unspecified atom stereocenters. The SMILES string of the molecule is CN(C)CCCNC(=O)Cc1cc(Br)ccc1F. The first-order valence-corrected chi connectivity index (χ1v) is 6.63. The Bertz CT molecular complexity index is 410. The molecule has 0 aliphatic rings. The molecule has 3 nitrogen and oxygen atoms in total. The van der Waals surface area contributed by atoms with Gasteiger partial charge in [-0.2, -0.15) is 0 Å².